The van der Waals surface area contributed by atoms with Crippen molar-refractivity contribution in [1.82, 2.24) is 0 Å². The zero-order valence-electron chi connectivity index (χ0n) is 16.0. The second-order valence-corrected chi connectivity index (χ2v) is 6.48. The SMILES string of the molecule is CCCCCCCC(OC(=O)c1ccccc1O)OC(=O)c1ccccc1O. The molecular formula is C22H26O6. The van der Waals surface area contributed by atoms with Crippen LogP contribution in [0, 0.1) is 0 Å². The molecule has 0 aliphatic rings. The normalized spacial score (nSPS) is 10.6. The summed E-state index contributed by atoms with van der Waals surface area (Å²) >= 11 is 0. The summed E-state index contributed by atoms with van der Waals surface area (Å²) < 4.78 is 10.7. The molecular weight excluding hydrogens is 360 g/mol. The molecule has 6 nitrogen and oxygen atoms in total. The topological polar surface area (TPSA) is 93.1 Å². The Balaban J connectivity index is 2.05. The highest BCUT2D eigenvalue weighted by Crippen LogP contribution is 2.22. The van der Waals surface area contributed by atoms with E-state index in [9.17, 15) is 19.8 Å². The van der Waals surface area contributed by atoms with Gasteiger partial charge in [0.15, 0.2) is 0 Å². The molecule has 0 amide bonds. The quantitative estimate of drug-likeness (QED) is 0.346. The van der Waals surface area contributed by atoms with Crippen molar-refractivity contribution < 1.29 is 29.3 Å². The molecule has 2 aromatic rings. The van der Waals surface area contributed by atoms with E-state index in [1.165, 1.54) is 24.3 Å². The van der Waals surface area contributed by atoms with Gasteiger partial charge in [0.25, 0.3) is 0 Å². The second-order valence-electron chi connectivity index (χ2n) is 6.48. The molecule has 150 valence electrons. The Morgan fingerprint density at radius 2 is 1.25 bits per heavy atom. The van der Waals surface area contributed by atoms with Crippen molar-refractivity contribution in [2.45, 2.75) is 51.7 Å². The number of ether oxygens (including phenoxy) is 2. The van der Waals surface area contributed by atoms with Gasteiger partial charge in [0, 0.05) is 6.42 Å². The summed E-state index contributed by atoms with van der Waals surface area (Å²) in [5, 5.41) is 19.6. The third-order valence-corrected chi connectivity index (χ3v) is 4.27. The van der Waals surface area contributed by atoms with E-state index < -0.39 is 18.2 Å². The molecule has 0 atom stereocenters. The lowest BCUT2D eigenvalue weighted by atomic mass is 10.1. The number of benzene rings is 2. The number of aromatic hydroxyl groups is 2. The van der Waals surface area contributed by atoms with Gasteiger partial charge >= 0.3 is 11.9 Å². The van der Waals surface area contributed by atoms with Crippen LogP contribution in [0.4, 0.5) is 0 Å². The summed E-state index contributed by atoms with van der Waals surface area (Å²) in [6.07, 6.45) is 4.13. The van der Waals surface area contributed by atoms with Crippen LogP contribution in [-0.4, -0.2) is 28.4 Å². The molecule has 2 aromatic carbocycles. The molecule has 2 rings (SSSR count). The lowest BCUT2D eigenvalue weighted by Gasteiger charge is -2.19. The van der Waals surface area contributed by atoms with Crippen molar-refractivity contribution in [3.05, 3.63) is 59.7 Å². The van der Waals surface area contributed by atoms with E-state index in [1.54, 1.807) is 24.3 Å². The lowest BCUT2D eigenvalue weighted by molar-refractivity contribution is -0.0839. The van der Waals surface area contributed by atoms with Crippen LogP contribution in [0.3, 0.4) is 0 Å². The maximum absolute atomic E-state index is 12.4. The minimum absolute atomic E-state index is 0.00269. The standard InChI is InChI=1S/C22H26O6/c1-2-3-4-5-6-15-20(27-21(25)16-11-7-9-13-18(16)23)28-22(26)17-12-8-10-14-19(17)24/h7-14,20,23-24H,2-6,15H2,1H3. The van der Waals surface area contributed by atoms with Gasteiger partial charge in [0.1, 0.15) is 22.6 Å². The fraction of sp³-hybridized carbons (Fsp3) is 0.364. The predicted octanol–water partition coefficient (Wildman–Crippen LogP) is 4.80. The van der Waals surface area contributed by atoms with Crippen LogP contribution in [0.25, 0.3) is 0 Å². The van der Waals surface area contributed by atoms with Crippen LogP contribution in [-0.2, 0) is 9.47 Å². The molecule has 2 N–H and O–H groups in total. The molecule has 0 aliphatic heterocycles. The van der Waals surface area contributed by atoms with E-state index in [2.05, 4.69) is 6.92 Å². The van der Waals surface area contributed by atoms with Gasteiger partial charge in [0.05, 0.1) is 0 Å². The number of phenols is 2. The fourth-order valence-corrected chi connectivity index (χ4v) is 2.71. The maximum Gasteiger partial charge on any atom is 0.344 e. The van der Waals surface area contributed by atoms with Gasteiger partial charge in [0.2, 0.25) is 6.29 Å². The summed E-state index contributed by atoms with van der Waals surface area (Å²) in [6, 6.07) is 12.0. The van der Waals surface area contributed by atoms with Gasteiger partial charge in [-0.1, -0.05) is 56.9 Å². The van der Waals surface area contributed by atoms with Crippen LogP contribution >= 0.6 is 0 Å². The first-order valence-corrected chi connectivity index (χ1v) is 9.51. The Morgan fingerprint density at radius 1 is 0.786 bits per heavy atom. The first kappa shape index (κ1) is 21.3. The number of rotatable bonds is 10. The smallest absolute Gasteiger partial charge is 0.344 e. The molecule has 0 unspecified atom stereocenters. The molecule has 0 fully saturated rings. The number of carbonyl (C=O) groups is 2. The second kappa shape index (κ2) is 11.0. The van der Waals surface area contributed by atoms with Crippen LogP contribution in [0.15, 0.2) is 48.5 Å². The number of para-hydroxylation sites is 2. The molecule has 0 saturated heterocycles. The summed E-state index contributed by atoms with van der Waals surface area (Å²) in [4.78, 5) is 24.7. The fourth-order valence-electron chi connectivity index (χ4n) is 2.71. The van der Waals surface area contributed by atoms with Crippen molar-refractivity contribution in [1.29, 1.82) is 0 Å². The van der Waals surface area contributed by atoms with Crippen molar-refractivity contribution in [2.24, 2.45) is 0 Å². The molecule has 0 spiro atoms. The van der Waals surface area contributed by atoms with E-state index in [0.717, 1.165) is 25.7 Å². The Hall–Kier alpha value is -3.02. The highest BCUT2D eigenvalue weighted by Gasteiger charge is 2.23. The highest BCUT2D eigenvalue weighted by atomic mass is 16.7. The average molecular weight is 386 g/mol. The summed E-state index contributed by atoms with van der Waals surface area (Å²) in [6.45, 7) is 2.12. The highest BCUT2D eigenvalue weighted by molar-refractivity contribution is 5.93. The van der Waals surface area contributed by atoms with Gasteiger partial charge < -0.3 is 19.7 Å². The first-order valence-electron chi connectivity index (χ1n) is 9.51. The van der Waals surface area contributed by atoms with E-state index >= 15 is 0 Å². The molecule has 0 saturated carbocycles. The van der Waals surface area contributed by atoms with Crippen LogP contribution in [0.1, 0.15) is 66.2 Å². The van der Waals surface area contributed by atoms with E-state index in [0.29, 0.717) is 12.8 Å². The third-order valence-electron chi connectivity index (χ3n) is 4.27. The molecule has 0 radical (unpaired) electrons. The molecule has 0 heterocycles. The summed E-state index contributed by atoms with van der Waals surface area (Å²) in [7, 11) is 0. The largest absolute Gasteiger partial charge is 0.507 e. The number of hydrogen-bond acceptors (Lipinski definition) is 6. The van der Waals surface area contributed by atoms with Gasteiger partial charge in [-0.25, -0.2) is 9.59 Å². The maximum atomic E-state index is 12.4. The van der Waals surface area contributed by atoms with Gasteiger partial charge in [-0.2, -0.15) is 0 Å². The number of esters is 2. The zero-order chi connectivity index (χ0) is 20.4. The zero-order valence-corrected chi connectivity index (χ0v) is 16.0. The number of carbonyl (C=O) groups excluding carboxylic acids is 2. The van der Waals surface area contributed by atoms with Crippen molar-refractivity contribution >= 4 is 11.9 Å². The number of hydrogen-bond donors (Lipinski definition) is 2. The van der Waals surface area contributed by atoms with Crippen LogP contribution in [0.2, 0.25) is 0 Å². The lowest BCUT2D eigenvalue weighted by Crippen LogP contribution is -2.25. The van der Waals surface area contributed by atoms with E-state index in [4.69, 9.17) is 9.47 Å². The summed E-state index contributed by atoms with van der Waals surface area (Å²) in [5.74, 6) is -1.97. The predicted molar refractivity (Wildman–Crippen MR) is 104 cm³/mol. The van der Waals surface area contributed by atoms with E-state index in [1.807, 2.05) is 0 Å². The van der Waals surface area contributed by atoms with Gasteiger partial charge in [-0.15, -0.1) is 0 Å². The van der Waals surface area contributed by atoms with Crippen molar-refractivity contribution in [3.8, 4) is 11.5 Å². The minimum Gasteiger partial charge on any atom is -0.507 e. The first-order chi connectivity index (χ1) is 13.5. The Bertz CT molecular complexity index is 727. The Kier molecular flexibility index (Phi) is 8.34. The molecule has 6 heteroatoms. The van der Waals surface area contributed by atoms with E-state index in [-0.39, 0.29) is 22.6 Å². The molecule has 28 heavy (non-hydrogen) atoms. The van der Waals surface area contributed by atoms with Crippen LogP contribution < -0.4 is 0 Å². The average Bonchev–Trinajstić information content (AvgIpc) is 2.68. The van der Waals surface area contributed by atoms with Gasteiger partial charge in [-0.05, 0) is 30.7 Å². The minimum atomic E-state index is -1.11. The monoisotopic (exact) mass is 386 g/mol. The van der Waals surface area contributed by atoms with Crippen molar-refractivity contribution in [3.63, 3.8) is 0 Å². The third kappa shape index (κ3) is 6.30. The van der Waals surface area contributed by atoms with Gasteiger partial charge in [-0.3, -0.25) is 0 Å². The molecule has 0 aromatic heterocycles. The number of unbranched alkanes of at least 4 members (excludes halogenated alkanes) is 4. The Morgan fingerprint density at radius 3 is 1.71 bits per heavy atom. The summed E-state index contributed by atoms with van der Waals surface area (Å²) in [5.41, 5.74) is -0.00539. The molecule has 0 bridgehead atoms. The Labute approximate surface area is 164 Å². The molecule has 0 aliphatic carbocycles. The number of phenolic OH excluding ortho intramolecular Hbond substituents is 2. The van der Waals surface area contributed by atoms with Crippen LogP contribution in [0.5, 0.6) is 11.5 Å². The van der Waals surface area contributed by atoms with Crippen molar-refractivity contribution in [2.75, 3.05) is 0 Å².